The summed E-state index contributed by atoms with van der Waals surface area (Å²) in [7, 11) is 0. The van der Waals surface area contributed by atoms with Crippen molar-refractivity contribution in [3.8, 4) is 0 Å². The van der Waals surface area contributed by atoms with Gasteiger partial charge < -0.3 is 5.11 Å². The first kappa shape index (κ1) is 10.6. The molecule has 1 N–H and O–H groups in total. The van der Waals surface area contributed by atoms with E-state index in [0.717, 1.165) is 44.9 Å². The predicted molar refractivity (Wildman–Crippen MR) is 52.7 cm³/mol. The van der Waals surface area contributed by atoms with E-state index < -0.39 is 5.97 Å². The number of carboxylic acids is 1. The van der Waals surface area contributed by atoms with Crippen LogP contribution < -0.4 is 0 Å². The molecule has 1 saturated carbocycles. The Morgan fingerprint density at radius 2 is 1.92 bits per heavy atom. The monoisotopic (exact) mass is 184 g/mol. The van der Waals surface area contributed by atoms with Gasteiger partial charge in [0.2, 0.25) is 0 Å². The topological polar surface area (TPSA) is 37.3 Å². The first-order chi connectivity index (χ1) is 6.21. The molecule has 1 aliphatic carbocycles. The quantitative estimate of drug-likeness (QED) is 0.728. The maximum absolute atomic E-state index is 11.2. The second-order valence-corrected chi connectivity index (χ2v) is 4.25. The molecule has 1 fully saturated rings. The zero-order chi connectivity index (χ0) is 9.73. The van der Waals surface area contributed by atoms with E-state index in [1.54, 1.807) is 0 Å². The van der Waals surface area contributed by atoms with Crippen molar-refractivity contribution >= 4 is 5.97 Å². The Labute approximate surface area is 80.3 Å². The van der Waals surface area contributed by atoms with E-state index in [0.29, 0.717) is 0 Å². The number of hydrogen-bond acceptors (Lipinski definition) is 1. The average Bonchev–Trinajstić information content (AvgIpc) is 2.16. The first-order valence-electron chi connectivity index (χ1n) is 5.45. The second kappa shape index (κ2) is 4.64. The SMILES string of the molecule is CCCCC1(C(=O)O)CCCCC1. The van der Waals surface area contributed by atoms with Crippen LogP contribution in [0.25, 0.3) is 0 Å². The van der Waals surface area contributed by atoms with Gasteiger partial charge in [-0.25, -0.2) is 0 Å². The van der Waals surface area contributed by atoms with Crippen molar-refractivity contribution in [2.45, 2.75) is 58.3 Å². The van der Waals surface area contributed by atoms with Gasteiger partial charge in [-0.2, -0.15) is 0 Å². The van der Waals surface area contributed by atoms with Crippen LogP contribution >= 0.6 is 0 Å². The van der Waals surface area contributed by atoms with Crippen molar-refractivity contribution in [3.05, 3.63) is 0 Å². The number of aliphatic carboxylic acids is 1. The minimum absolute atomic E-state index is 0.353. The lowest BCUT2D eigenvalue weighted by atomic mass is 9.71. The molecule has 2 heteroatoms. The van der Waals surface area contributed by atoms with Crippen LogP contribution in [0.5, 0.6) is 0 Å². The summed E-state index contributed by atoms with van der Waals surface area (Å²) >= 11 is 0. The Kier molecular flexibility index (Phi) is 3.76. The van der Waals surface area contributed by atoms with Crippen LogP contribution in [-0.2, 0) is 4.79 Å². The molecule has 0 heterocycles. The summed E-state index contributed by atoms with van der Waals surface area (Å²) in [6.07, 6.45) is 8.30. The summed E-state index contributed by atoms with van der Waals surface area (Å²) in [5.74, 6) is -0.555. The molecule has 1 aliphatic rings. The molecule has 0 aromatic rings. The maximum Gasteiger partial charge on any atom is 0.309 e. The van der Waals surface area contributed by atoms with E-state index in [1.807, 2.05) is 0 Å². The summed E-state index contributed by atoms with van der Waals surface area (Å²) in [5, 5.41) is 9.22. The van der Waals surface area contributed by atoms with Crippen molar-refractivity contribution in [3.63, 3.8) is 0 Å². The highest BCUT2D eigenvalue weighted by Gasteiger charge is 2.38. The summed E-state index contributed by atoms with van der Waals surface area (Å²) < 4.78 is 0. The first-order valence-corrected chi connectivity index (χ1v) is 5.45. The highest BCUT2D eigenvalue weighted by Crippen LogP contribution is 2.40. The van der Waals surface area contributed by atoms with Gasteiger partial charge in [0.25, 0.3) is 0 Å². The summed E-state index contributed by atoms with van der Waals surface area (Å²) in [6, 6.07) is 0. The van der Waals surface area contributed by atoms with Gasteiger partial charge in [0, 0.05) is 0 Å². The Morgan fingerprint density at radius 1 is 1.31 bits per heavy atom. The highest BCUT2D eigenvalue weighted by atomic mass is 16.4. The van der Waals surface area contributed by atoms with Crippen LogP contribution in [-0.4, -0.2) is 11.1 Å². The molecule has 13 heavy (non-hydrogen) atoms. The number of unbranched alkanes of at least 4 members (excludes halogenated alkanes) is 1. The van der Waals surface area contributed by atoms with Gasteiger partial charge in [-0.3, -0.25) is 4.79 Å². The zero-order valence-electron chi connectivity index (χ0n) is 8.51. The molecule has 0 unspecified atom stereocenters. The molecule has 76 valence electrons. The van der Waals surface area contributed by atoms with E-state index in [4.69, 9.17) is 0 Å². The van der Waals surface area contributed by atoms with E-state index in [2.05, 4.69) is 6.92 Å². The van der Waals surface area contributed by atoms with E-state index in [1.165, 1.54) is 6.42 Å². The van der Waals surface area contributed by atoms with Crippen LogP contribution in [0.15, 0.2) is 0 Å². The largest absolute Gasteiger partial charge is 0.481 e. The van der Waals surface area contributed by atoms with Crippen LogP contribution in [0.1, 0.15) is 58.3 Å². The molecular weight excluding hydrogens is 164 g/mol. The van der Waals surface area contributed by atoms with Crippen molar-refractivity contribution < 1.29 is 9.90 Å². The lowest BCUT2D eigenvalue weighted by molar-refractivity contribution is -0.151. The van der Waals surface area contributed by atoms with Crippen molar-refractivity contribution in [2.24, 2.45) is 5.41 Å². The second-order valence-electron chi connectivity index (χ2n) is 4.25. The Morgan fingerprint density at radius 3 is 2.38 bits per heavy atom. The molecule has 0 aliphatic heterocycles. The van der Waals surface area contributed by atoms with Gasteiger partial charge in [0.05, 0.1) is 5.41 Å². The van der Waals surface area contributed by atoms with Crippen molar-refractivity contribution in [1.82, 2.24) is 0 Å². The van der Waals surface area contributed by atoms with Crippen LogP contribution in [0, 0.1) is 5.41 Å². The summed E-state index contributed by atoms with van der Waals surface area (Å²) in [4.78, 5) is 11.2. The molecule has 0 spiro atoms. The molecular formula is C11H20O2. The fraction of sp³-hybridized carbons (Fsp3) is 0.909. The van der Waals surface area contributed by atoms with E-state index in [9.17, 15) is 9.90 Å². The molecule has 0 aromatic carbocycles. The van der Waals surface area contributed by atoms with Gasteiger partial charge in [0.15, 0.2) is 0 Å². The van der Waals surface area contributed by atoms with Gasteiger partial charge in [-0.05, 0) is 19.3 Å². The highest BCUT2D eigenvalue weighted by molar-refractivity contribution is 5.74. The molecule has 0 radical (unpaired) electrons. The van der Waals surface area contributed by atoms with Crippen LogP contribution in [0.4, 0.5) is 0 Å². The number of hydrogen-bond donors (Lipinski definition) is 1. The third-order valence-corrected chi connectivity index (χ3v) is 3.27. The lowest BCUT2D eigenvalue weighted by Gasteiger charge is -2.33. The third-order valence-electron chi connectivity index (χ3n) is 3.27. The predicted octanol–water partition coefficient (Wildman–Crippen LogP) is 3.21. The summed E-state index contributed by atoms with van der Waals surface area (Å²) in [5.41, 5.74) is -0.353. The van der Waals surface area contributed by atoms with Gasteiger partial charge in [0.1, 0.15) is 0 Å². The minimum Gasteiger partial charge on any atom is -0.481 e. The van der Waals surface area contributed by atoms with Crippen molar-refractivity contribution in [2.75, 3.05) is 0 Å². The number of rotatable bonds is 4. The third kappa shape index (κ3) is 2.45. The maximum atomic E-state index is 11.2. The molecule has 2 nitrogen and oxygen atoms in total. The zero-order valence-corrected chi connectivity index (χ0v) is 8.51. The number of carboxylic acid groups (broad SMARTS) is 1. The van der Waals surface area contributed by atoms with E-state index >= 15 is 0 Å². The summed E-state index contributed by atoms with van der Waals surface area (Å²) in [6.45, 7) is 2.12. The Bertz CT molecular complexity index is 169. The van der Waals surface area contributed by atoms with E-state index in [-0.39, 0.29) is 5.41 Å². The fourth-order valence-electron chi connectivity index (χ4n) is 2.31. The van der Waals surface area contributed by atoms with Gasteiger partial charge >= 0.3 is 5.97 Å². The lowest BCUT2D eigenvalue weighted by Crippen LogP contribution is -2.33. The molecule has 0 atom stereocenters. The fourth-order valence-corrected chi connectivity index (χ4v) is 2.31. The Hall–Kier alpha value is -0.530. The normalized spacial score (nSPS) is 21.3. The van der Waals surface area contributed by atoms with Gasteiger partial charge in [-0.1, -0.05) is 39.0 Å². The molecule has 0 aromatic heterocycles. The van der Waals surface area contributed by atoms with Crippen molar-refractivity contribution in [1.29, 1.82) is 0 Å². The van der Waals surface area contributed by atoms with Crippen LogP contribution in [0.2, 0.25) is 0 Å². The molecule has 0 saturated heterocycles. The molecule has 0 amide bonds. The minimum atomic E-state index is -0.555. The molecule has 1 rings (SSSR count). The number of carbonyl (C=O) groups is 1. The smallest absolute Gasteiger partial charge is 0.309 e. The van der Waals surface area contributed by atoms with Gasteiger partial charge in [-0.15, -0.1) is 0 Å². The Balaban J connectivity index is 2.56. The molecule has 0 bridgehead atoms. The average molecular weight is 184 g/mol. The van der Waals surface area contributed by atoms with Crippen LogP contribution in [0.3, 0.4) is 0 Å². The standard InChI is InChI=1S/C11H20O2/c1-2-3-7-11(10(12)13)8-5-4-6-9-11/h2-9H2,1H3,(H,12,13).